The molecule has 8 bridgehead atoms. The molecule has 3 aromatic rings. The van der Waals surface area contributed by atoms with Crippen LogP contribution in [0.1, 0.15) is 149 Å². The molecule has 242 valence electrons. The molecule has 0 radical (unpaired) electrons. The molecule has 2 aliphatic heterocycles. The van der Waals surface area contributed by atoms with Gasteiger partial charge in [0.1, 0.15) is 0 Å². The third-order valence-corrected chi connectivity index (χ3v) is 8.90. The summed E-state index contributed by atoms with van der Waals surface area (Å²) in [4.78, 5) is 20.5. The minimum atomic E-state index is -0.680. The summed E-state index contributed by atoms with van der Waals surface area (Å²) in [6.45, 7) is 8.43. The van der Waals surface area contributed by atoms with E-state index in [1.807, 2.05) is 38.1 Å². The molecule has 0 aliphatic carbocycles. The van der Waals surface area contributed by atoms with E-state index in [9.17, 15) is 10.2 Å². The maximum atomic E-state index is 11.3. The van der Waals surface area contributed by atoms with Crippen molar-refractivity contribution < 1.29 is 26.7 Å². The zero-order valence-electron chi connectivity index (χ0n) is 27.3. The third-order valence-electron chi connectivity index (χ3n) is 8.90. The van der Waals surface area contributed by atoms with Gasteiger partial charge in [0.05, 0.1) is 35.0 Å². The van der Waals surface area contributed by atoms with Crippen molar-refractivity contribution in [2.45, 2.75) is 117 Å². The van der Waals surface area contributed by atoms with E-state index in [0.29, 0.717) is 12.8 Å². The van der Waals surface area contributed by atoms with Gasteiger partial charge >= 0.3 is 16.5 Å². The van der Waals surface area contributed by atoms with Crippen molar-refractivity contribution in [2.75, 3.05) is 0 Å². The van der Waals surface area contributed by atoms with Gasteiger partial charge in [0.2, 0.25) is 0 Å². The second-order valence-electron chi connectivity index (χ2n) is 12.1. The fourth-order valence-corrected chi connectivity index (χ4v) is 6.31. The molecular formula is C38H48N4NiO2. The molecule has 2 N–H and O–H groups in total. The number of hydrogen-bond donors (Lipinski definition) is 2. The van der Waals surface area contributed by atoms with Gasteiger partial charge in [0.25, 0.3) is 0 Å². The Morgan fingerprint density at radius 2 is 0.933 bits per heavy atom. The Morgan fingerprint density at radius 1 is 0.533 bits per heavy atom. The summed E-state index contributed by atoms with van der Waals surface area (Å²) in [5.74, 6) is 0. The van der Waals surface area contributed by atoms with E-state index in [0.717, 1.165) is 106 Å². The van der Waals surface area contributed by atoms with Crippen LogP contribution in [-0.4, -0.2) is 20.2 Å². The number of nitrogens with zero attached hydrogens (tertiary/aromatic N) is 4. The average Bonchev–Trinajstić information content (AvgIpc) is 3.86. The molecule has 6 nitrogen and oxygen atoms in total. The summed E-state index contributed by atoms with van der Waals surface area (Å²) >= 11 is 0. The molecule has 0 saturated heterocycles. The second kappa shape index (κ2) is 16.5. The van der Waals surface area contributed by atoms with Crippen LogP contribution >= 0.6 is 0 Å². The molecule has 2 aliphatic rings. The first-order chi connectivity index (χ1) is 21.5. The van der Waals surface area contributed by atoms with Crippen LogP contribution in [0.4, 0.5) is 0 Å². The zero-order valence-corrected chi connectivity index (χ0v) is 28.2. The Kier molecular flexibility index (Phi) is 12.8. The van der Waals surface area contributed by atoms with Crippen molar-refractivity contribution in [2.24, 2.45) is 0 Å². The van der Waals surface area contributed by atoms with Gasteiger partial charge in [0.15, 0.2) is 0 Å². The first kappa shape index (κ1) is 34.9. The predicted molar refractivity (Wildman–Crippen MR) is 183 cm³/mol. The van der Waals surface area contributed by atoms with Crippen molar-refractivity contribution in [1.82, 2.24) is 19.9 Å². The Balaban J connectivity index is 0.00000461. The number of aryl methyl sites for hydroxylation is 1. The van der Waals surface area contributed by atoms with Crippen LogP contribution in [-0.2, 0) is 29.3 Å². The van der Waals surface area contributed by atoms with Crippen LogP contribution < -0.4 is 9.97 Å². The molecule has 0 aromatic carbocycles. The van der Waals surface area contributed by atoms with Crippen LogP contribution in [0.25, 0.3) is 46.4 Å². The standard InChI is InChI=1S/C38H48N4O2.Ni/c1-5-9-11-13-15-25-27-17-21-31(39-27)37(35(43)7-3)33-23-19-29(41-33)26(16-14-12-10-6-2)30-20-24-34(42-30)38(36(44)8-4)32-22-18-28(25)40-32;/h17-24,35-36,43-44H,5-16H2,1-4H3;/q-2;+2. The maximum Gasteiger partial charge on any atom is 2.00 e. The van der Waals surface area contributed by atoms with E-state index in [1.54, 1.807) is 0 Å². The van der Waals surface area contributed by atoms with Gasteiger partial charge < -0.3 is 20.2 Å². The smallest absolute Gasteiger partial charge is 0.657 e. The monoisotopic (exact) mass is 650 g/mol. The van der Waals surface area contributed by atoms with E-state index in [1.165, 1.54) is 25.7 Å². The zero-order chi connectivity index (χ0) is 31.1. The number of aliphatic hydroxyl groups excluding tert-OH is 2. The largest absolute Gasteiger partial charge is 2.00 e. The fourth-order valence-electron chi connectivity index (χ4n) is 6.31. The number of fused-ring (bicyclic) bond motifs is 8. The Labute approximate surface area is 278 Å². The number of unbranched alkanes of at least 4 members (excludes halogenated alkanes) is 6. The van der Waals surface area contributed by atoms with E-state index < -0.39 is 12.2 Å². The van der Waals surface area contributed by atoms with E-state index in [4.69, 9.17) is 19.9 Å². The molecule has 5 rings (SSSR count). The Hall–Kier alpha value is -2.99. The third kappa shape index (κ3) is 7.88. The van der Waals surface area contributed by atoms with Crippen LogP contribution in [0, 0.1) is 0 Å². The second-order valence-corrected chi connectivity index (χ2v) is 12.1. The minimum Gasteiger partial charge on any atom is -0.657 e. The number of aliphatic hydroxyl groups is 2. The van der Waals surface area contributed by atoms with E-state index >= 15 is 0 Å². The average molecular weight is 652 g/mol. The van der Waals surface area contributed by atoms with Crippen molar-refractivity contribution in [3.63, 3.8) is 0 Å². The van der Waals surface area contributed by atoms with Crippen LogP contribution in [0.15, 0.2) is 24.3 Å². The Morgan fingerprint density at radius 3 is 1.36 bits per heavy atom. The molecule has 0 fully saturated rings. The van der Waals surface area contributed by atoms with Gasteiger partial charge in [-0.2, -0.15) is 0 Å². The SMILES string of the molecule is CCCCCCc1c2nc(c(C(O)CC)c3ccc([n-]3)c(CCCCCC)c3ccc([n-]3)c(C(O)CC)c3nc1C=C3)C=C2.[Ni+2]. The molecule has 0 spiro atoms. The molecular weight excluding hydrogens is 603 g/mol. The summed E-state index contributed by atoms with van der Waals surface area (Å²) in [7, 11) is 0. The van der Waals surface area contributed by atoms with Crippen molar-refractivity contribution in [1.29, 1.82) is 0 Å². The quantitative estimate of drug-likeness (QED) is 0.0920. The molecule has 5 heterocycles. The van der Waals surface area contributed by atoms with E-state index in [2.05, 4.69) is 38.1 Å². The summed E-state index contributed by atoms with van der Waals surface area (Å²) in [5, 5.41) is 22.5. The first-order valence-electron chi connectivity index (χ1n) is 16.9. The fraction of sp³-hybridized carbons (Fsp3) is 0.474. The molecule has 3 aromatic heterocycles. The first-order valence-corrected chi connectivity index (χ1v) is 16.9. The summed E-state index contributed by atoms with van der Waals surface area (Å²) in [5.41, 5.74) is 10.3. The van der Waals surface area contributed by atoms with Gasteiger partial charge in [0, 0.05) is 5.56 Å². The summed E-state index contributed by atoms with van der Waals surface area (Å²) in [6, 6.07) is 8.16. The molecule has 7 heteroatoms. The molecule has 45 heavy (non-hydrogen) atoms. The van der Waals surface area contributed by atoms with Crippen LogP contribution in [0.3, 0.4) is 0 Å². The number of rotatable bonds is 14. The van der Waals surface area contributed by atoms with Crippen molar-refractivity contribution in [3.8, 4) is 0 Å². The van der Waals surface area contributed by atoms with Crippen molar-refractivity contribution >= 4 is 46.4 Å². The number of aromatic nitrogens is 4. The van der Waals surface area contributed by atoms with Crippen LogP contribution in [0.2, 0.25) is 0 Å². The molecule has 2 unspecified atom stereocenters. The van der Waals surface area contributed by atoms with Crippen LogP contribution in [0.5, 0.6) is 0 Å². The van der Waals surface area contributed by atoms with Gasteiger partial charge in [-0.05, 0) is 74.0 Å². The van der Waals surface area contributed by atoms with E-state index in [-0.39, 0.29) is 16.5 Å². The Bertz CT molecular complexity index is 1560. The van der Waals surface area contributed by atoms with Crippen molar-refractivity contribution in [3.05, 3.63) is 69.3 Å². The van der Waals surface area contributed by atoms with Gasteiger partial charge in [-0.25, -0.2) is 9.97 Å². The van der Waals surface area contributed by atoms with Gasteiger partial charge in [-0.3, -0.25) is 0 Å². The molecule has 2 atom stereocenters. The van der Waals surface area contributed by atoms with Gasteiger partial charge in [-0.15, -0.1) is 22.1 Å². The molecule has 0 amide bonds. The van der Waals surface area contributed by atoms with Gasteiger partial charge in [-0.1, -0.05) is 96.0 Å². The predicted octanol–water partition coefficient (Wildman–Crippen LogP) is 9.04. The maximum absolute atomic E-state index is 11.3. The summed E-state index contributed by atoms with van der Waals surface area (Å²) in [6.07, 6.45) is 18.8. The number of hydrogen-bond acceptors (Lipinski definition) is 4. The molecule has 0 saturated carbocycles. The topological polar surface area (TPSA) is 94.4 Å². The summed E-state index contributed by atoms with van der Waals surface area (Å²) < 4.78 is 0. The minimum absolute atomic E-state index is 0. The normalized spacial score (nSPS) is 13.6.